The van der Waals surface area contributed by atoms with Crippen molar-refractivity contribution in [3.8, 4) is 0 Å². The van der Waals surface area contributed by atoms with Gasteiger partial charge in [0.2, 0.25) is 0 Å². The number of hydrogen-bond donors (Lipinski definition) is 1. The number of rotatable bonds is 23. The average molecular weight is 857 g/mol. The summed E-state index contributed by atoms with van der Waals surface area (Å²) in [4.78, 5) is 27.1. The van der Waals surface area contributed by atoms with Gasteiger partial charge in [0.1, 0.15) is 13.2 Å². The Morgan fingerprint density at radius 1 is 0.467 bits per heavy atom. The van der Waals surface area contributed by atoms with Gasteiger partial charge < -0.3 is 19.3 Å². The first-order valence-electron chi connectivity index (χ1n) is 20.7. The lowest BCUT2D eigenvalue weighted by molar-refractivity contribution is -0.169. The quantitative estimate of drug-likeness (QED) is 0.0397. The van der Waals surface area contributed by atoms with E-state index in [4.69, 9.17) is 14.2 Å². The summed E-state index contributed by atoms with van der Waals surface area (Å²) in [6.07, 6.45) is 2.35. The molecule has 0 heterocycles. The molecular formula is C51H55O6P3. The summed E-state index contributed by atoms with van der Waals surface area (Å²) in [5.74, 6) is -0.626. The van der Waals surface area contributed by atoms with Crippen molar-refractivity contribution < 1.29 is 28.9 Å². The van der Waals surface area contributed by atoms with Crippen LogP contribution in [0, 0.1) is 5.41 Å². The van der Waals surface area contributed by atoms with Gasteiger partial charge in [-0.05, 0) is 80.5 Å². The van der Waals surface area contributed by atoms with E-state index in [0.29, 0.717) is 25.2 Å². The standard InChI is InChI=1S/C51H55O6P3/c1-2-51(39-55-48(52)33-36-58(42-21-9-3-10-22-42)43-23-11-4-12-24-43,40-56-49(53)34-37-59(44-25-13-5-14-26-44)45-27-15-6-16-28-45)41-57-50(54)35-38-60(46-29-17-7-18-30-46)47-31-19-8-20-32-47/h3-32,48,52H,2,33-41H2,1H3. The van der Waals surface area contributed by atoms with E-state index in [0.717, 1.165) is 6.16 Å². The fourth-order valence-electron chi connectivity index (χ4n) is 6.91. The van der Waals surface area contributed by atoms with Gasteiger partial charge in [-0.15, -0.1) is 0 Å². The molecular weight excluding hydrogens is 801 g/mol. The number of ether oxygens (including phenoxy) is 3. The van der Waals surface area contributed by atoms with Crippen molar-refractivity contribution in [3.63, 3.8) is 0 Å². The summed E-state index contributed by atoms with van der Waals surface area (Å²) in [5.41, 5.74) is -0.858. The zero-order valence-electron chi connectivity index (χ0n) is 34.3. The number of carbonyl (C=O) groups is 2. The third-order valence-corrected chi connectivity index (χ3v) is 18.1. The van der Waals surface area contributed by atoms with Crippen LogP contribution in [0.1, 0.15) is 32.6 Å². The van der Waals surface area contributed by atoms with E-state index in [1.807, 2.05) is 116 Å². The van der Waals surface area contributed by atoms with Crippen molar-refractivity contribution >= 4 is 67.5 Å². The molecule has 0 bridgehead atoms. The highest BCUT2D eigenvalue weighted by atomic mass is 31.1. The fourth-order valence-corrected chi connectivity index (χ4v) is 13.8. The minimum atomic E-state index is -1.06. The van der Waals surface area contributed by atoms with Gasteiger partial charge in [-0.1, -0.05) is 189 Å². The molecule has 6 aromatic carbocycles. The normalized spacial score (nSPS) is 12.1. The Morgan fingerprint density at radius 2 is 0.750 bits per heavy atom. The van der Waals surface area contributed by atoms with Crippen LogP contribution in [-0.4, -0.2) is 61.6 Å². The molecule has 0 saturated heterocycles. The maximum Gasteiger partial charge on any atom is 0.306 e. The summed E-state index contributed by atoms with van der Waals surface area (Å²) in [5, 5.41) is 18.6. The van der Waals surface area contributed by atoms with Crippen LogP contribution in [0.4, 0.5) is 0 Å². The van der Waals surface area contributed by atoms with Crippen molar-refractivity contribution in [2.45, 2.75) is 38.9 Å². The summed E-state index contributed by atoms with van der Waals surface area (Å²) in [7, 11) is -2.26. The van der Waals surface area contributed by atoms with Gasteiger partial charge in [0.15, 0.2) is 6.29 Å². The van der Waals surface area contributed by atoms with E-state index in [1.54, 1.807) is 0 Å². The van der Waals surface area contributed by atoms with Crippen LogP contribution in [0.5, 0.6) is 0 Å². The van der Waals surface area contributed by atoms with E-state index >= 15 is 0 Å². The van der Waals surface area contributed by atoms with Crippen molar-refractivity contribution in [1.82, 2.24) is 0 Å². The highest BCUT2D eigenvalue weighted by Crippen LogP contribution is 2.37. The van der Waals surface area contributed by atoms with E-state index in [-0.39, 0.29) is 44.6 Å². The number of aliphatic hydroxyl groups excluding tert-OH is 1. The molecule has 1 unspecified atom stereocenters. The Kier molecular flexibility index (Phi) is 18.0. The minimum Gasteiger partial charge on any atom is -0.465 e. The predicted octanol–water partition coefficient (Wildman–Crippen LogP) is 8.37. The second kappa shape index (κ2) is 24.0. The van der Waals surface area contributed by atoms with Gasteiger partial charge in [-0.25, -0.2) is 0 Å². The smallest absolute Gasteiger partial charge is 0.306 e. The number of hydrogen-bond acceptors (Lipinski definition) is 6. The average Bonchev–Trinajstić information content (AvgIpc) is 3.31. The SMILES string of the molecule is CCC(COC(=O)CCP(c1ccccc1)c1ccccc1)(COC(=O)CCP(c1ccccc1)c1ccccc1)COC(O)CCP(c1ccccc1)c1ccccc1. The first-order chi connectivity index (χ1) is 29.4. The first kappa shape index (κ1) is 45.0. The second-order valence-electron chi connectivity index (χ2n) is 14.7. The van der Waals surface area contributed by atoms with Crippen LogP contribution >= 0.6 is 23.8 Å². The molecule has 0 aliphatic heterocycles. The van der Waals surface area contributed by atoms with Gasteiger partial charge in [-0.3, -0.25) is 9.59 Å². The van der Waals surface area contributed by atoms with E-state index in [1.165, 1.54) is 31.8 Å². The third-order valence-electron chi connectivity index (χ3n) is 10.5. The molecule has 0 aromatic heterocycles. The van der Waals surface area contributed by atoms with Gasteiger partial charge in [0.05, 0.1) is 24.9 Å². The second-order valence-corrected chi connectivity index (χ2v) is 21.7. The molecule has 1 N–H and O–H groups in total. The first-order valence-corrected chi connectivity index (χ1v) is 25.2. The molecule has 6 rings (SSSR count). The lowest BCUT2D eigenvalue weighted by Gasteiger charge is -2.32. The highest BCUT2D eigenvalue weighted by Gasteiger charge is 2.34. The largest absolute Gasteiger partial charge is 0.465 e. The third kappa shape index (κ3) is 13.8. The molecule has 0 spiro atoms. The molecule has 0 radical (unpaired) electrons. The Balaban J connectivity index is 1.12. The van der Waals surface area contributed by atoms with Crippen molar-refractivity contribution in [2.24, 2.45) is 5.41 Å². The number of esters is 2. The predicted molar refractivity (Wildman–Crippen MR) is 252 cm³/mol. The molecule has 6 nitrogen and oxygen atoms in total. The molecule has 310 valence electrons. The van der Waals surface area contributed by atoms with Crippen LogP contribution in [0.3, 0.4) is 0 Å². The number of carbonyl (C=O) groups excluding carboxylic acids is 2. The number of benzene rings is 6. The Labute approximate surface area is 359 Å². The molecule has 0 aliphatic carbocycles. The van der Waals surface area contributed by atoms with Crippen LogP contribution in [-0.2, 0) is 23.8 Å². The van der Waals surface area contributed by atoms with Gasteiger partial charge >= 0.3 is 11.9 Å². The van der Waals surface area contributed by atoms with Gasteiger partial charge in [-0.2, -0.15) is 0 Å². The van der Waals surface area contributed by atoms with Crippen LogP contribution < -0.4 is 31.8 Å². The summed E-state index contributed by atoms with van der Waals surface area (Å²) in [6, 6.07) is 62.0. The van der Waals surface area contributed by atoms with Crippen molar-refractivity contribution in [1.29, 1.82) is 0 Å². The minimum absolute atomic E-state index is 0.00158. The Bertz CT molecular complexity index is 1910. The van der Waals surface area contributed by atoms with E-state index < -0.39 is 35.5 Å². The molecule has 0 aliphatic rings. The summed E-state index contributed by atoms with van der Waals surface area (Å²) in [6.45, 7) is 2.04. The lowest BCUT2D eigenvalue weighted by atomic mass is 9.88. The summed E-state index contributed by atoms with van der Waals surface area (Å²) >= 11 is 0. The molecule has 6 aromatic rings. The zero-order valence-corrected chi connectivity index (χ0v) is 37.0. The van der Waals surface area contributed by atoms with E-state index in [9.17, 15) is 14.7 Å². The maximum absolute atomic E-state index is 13.5. The summed E-state index contributed by atoms with van der Waals surface area (Å²) < 4.78 is 18.3. The van der Waals surface area contributed by atoms with Crippen LogP contribution in [0.15, 0.2) is 182 Å². The van der Waals surface area contributed by atoms with Crippen molar-refractivity contribution in [3.05, 3.63) is 182 Å². The van der Waals surface area contributed by atoms with E-state index in [2.05, 4.69) is 72.8 Å². The van der Waals surface area contributed by atoms with Crippen LogP contribution in [0.25, 0.3) is 0 Å². The van der Waals surface area contributed by atoms with Gasteiger partial charge in [0, 0.05) is 6.42 Å². The Morgan fingerprint density at radius 3 is 1.03 bits per heavy atom. The molecule has 9 heteroatoms. The molecule has 0 saturated carbocycles. The van der Waals surface area contributed by atoms with Gasteiger partial charge in [0.25, 0.3) is 0 Å². The molecule has 0 fully saturated rings. The monoisotopic (exact) mass is 856 g/mol. The number of aliphatic hydroxyl groups is 1. The Hall–Kier alpha value is -4.53. The van der Waals surface area contributed by atoms with Crippen molar-refractivity contribution in [2.75, 3.05) is 38.3 Å². The zero-order chi connectivity index (χ0) is 41.8. The topological polar surface area (TPSA) is 82.1 Å². The fraction of sp³-hybridized carbons (Fsp3) is 0.255. The molecule has 1 atom stereocenters. The molecule has 0 amide bonds. The lowest BCUT2D eigenvalue weighted by Crippen LogP contribution is -2.40. The maximum atomic E-state index is 13.5. The van der Waals surface area contributed by atoms with Crippen LogP contribution in [0.2, 0.25) is 0 Å². The highest BCUT2D eigenvalue weighted by molar-refractivity contribution is 7.73. The molecule has 60 heavy (non-hydrogen) atoms.